The largest absolute Gasteiger partial charge is 0.395 e. The molecule has 6 rings (SSSR count). The average Bonchev–Trinajstić information content (AvgIpc) is 3.19. The summed E-state index contributed by atoms with van der Waals surface area (Å²) in [5, 5.41) is 4.91. The van der Waals surface area contributed by atoms with Crippen LogP contribution >= 0.6 is 11.3 Å². The fourth-order valence-corrected chi connectivity index (χ4v) is 7.23. The SMILES string of the molecule is O=C(NC1CCC(CCN2CCc3nc(N4CC(C(F)(F)F)C4)sc3CC2)CC1)c1cccc2ncccc12. The molecule has 2 aliphatic heterocycles. The number of pyridine rings is 1. The number of halogens is 3. The van der Waals surface area contributed by atoms with E-state index >= 15 is 0 Å². The van der Waals surface area contributed by atoms with E-state index in [1.54, 1.807) is 22.4 Å². The highest BCUT2D eigenvalue weighted by molar-refractivity contribution is 7.15. The maximum absolute atomic E-state index is 13.0. The van der Waals surface area contributed by atoms with Crippen LogP contribution in [0.25, 0.3) is 10.9 Å². The van der Waals surface area contributed by atoms with E-state index in [-0.39, 0.29) is 25.0 Å². The summed E-state index contributed by atoms with van der Waals surface area (Å²) in [5.74, 6) is -0.556. The molecule has 3 aromatic rings. The number of nitrogens with one attached hydrogen (secondary N) is 1. The van der Waals surface area contributed by atoms with Crippen molar-refractivity contribution in [3.63, 3.8) is 0 Å². The monoisotopic (exact) mass is 557 g/mol. The van der Waals surface area contributed by atoms with Crippen molar-refractivity contribution in [2.45, 2.75) is 57.2 Å². The smallest absolute Gasteiger partial charge is 0.349 e. The molecule has 1 amide bonds. The zero-order valence-electron chi connectivity index (χ0n) is 21.9. The Bertz CT molecular complexity index is 1280. The van der Waals surface area contributed by atoms with Crippen LogP contribution in [0.1, 0.15) is 53.0 Å². The average molecular weight is 558 g/mol. The van der Waals surface area contributed by atoms with Crippen molar-refractivity contribution in [1.29, 1.82) is 0 Å². The molecule has 2 aromatic heterocycles. The van der Waals surface area contributed by atoms with Gasteiger partial charge in [-0.2, -0.15) is 13.2 Å². The van der Waals surface area contributed by atoms with E-state index in [2.05, 4.69) is 15.2 Å². The maximum atomic E-state index is 13.0. The highest BCUT2D eigenvalue weighted by Crippen LogP contribution is 2.39. The molecule has 4 heterocycles. The molecule has 2 fully saturated rings. The lowest BCUT2D eigenvalue weighted by molar-refractivity contribution is -0.180. The molecule has 1 saturated carbocycles. The topological polar surface area (TPSA) is 61.4 Å². The zero-order chi connectivity index (χ0) is 27.0. The fourth-order valence-electron chi connectivity index (χ4n) is 6.12. The lowest BCUT2D eigenvalue weighted by atomic mass is 9.84. The van der Waals surface area contributed by atoms with Crippen molar-refractivity contribution in [2.75, 3.05) is 37.6 Å². The van der Waals surface area contributed by atoms with E-state index in [0.717, 1.165) is 86.3 Å². The minimum Gasteiger partial charge on any atom is -0.349 e. The van der Waals surface area contributed by atoms with Crippen molar-refractivity contribution in [1.82, 2.24) is 20.2 Å². The van der Waals surface area contributed by atoms with Crippen LogP contribution in [0.3, 0.4) is 0 Å². The molecule has 0 bridgehead atoms. The third-order valence-corrected chi connectivity index (χ3v) is 9.85. The Kier molecular flexibility index (Phi) is 7.50. The molecule has 0 radical (unpaired) electrons. The summed E-state index contributed by atoms with van der Waals surface area (Å²) < 4.78 is 38.5. The van der Waals surface area contributed by atoms with Crippen LogP contribution < -0.4 is 10.2 Å². The van der Waals surface area contributed by atoms with Crippen molar-refractivity contribution in [3.8, 4) is 0 Å². The molecular formula is C29H34F3N5OS. The molecule has 1 saturated heterocycles. The van der Waals surface area contributed by atoms with Crippen LogP contribution in [0.2, 0.25) is 0 Å². The standard InChI is InChI=1S/C29H34F3N5OS/c30-29(31,32)20-17-37(18-20)28-35-25-11-15-36(16-12-26(25)39-28)14-10-19-6-8-21(9-7-19)34-27(38)23-3-1-5-24-22(23)4-2-13-33-24/h1-5,13,19-21H,6-12,14-18H2,(H,34,38). The van der Waals surface area contributed by atoms with Gasteiger partial charge in [0.15, 0.2) is 5.13 Å². The lowest BCUT2D eigenvalue weighted by Crippen LogP contribution is -2.53. The third-order valence-electron chi connectivity index (χ3n) is 8.63. The molecule has 3 aliphatic rings. The predicted molar refractivity (Wildman–Crippen MR) is 147 cm³/mol. The molecule has 1 N–H and O–H groups in total. The summed E-state index contributed by atoms with van der Waals surface area (Å²) >= 11 is 1.58. The number of hydrogen-bond acceptors (Lipinski definition) is 6. The van der Waals surface area contributed by atoms with E-state index < -0.39 is 12.1 Å². The number of rotatable bonds is 6. The van der Waals surface area contributed by atoms with E-state index in [1.165, 1.54) is 4.88 Å². The second-order valence-corrected chi connectivity index (χ2v) is 12.3. The molecule has 1 aliphatic carbocycles. The van der Waals surface area contributed by atoms with Gasteiger partial charge in [-0.3, -0.25) is 9.78 Å². The minimum atomic E-state index is -4.10. The van der Waals surface area contributed by atoms with Gasteiger partial charge in [-0.25, -0.2) is 4.98 Å². The summed E-state index contributed by atoms with van der Waals surface area (Å²) in [7, 11) is 0. The quantitative estimate of drug-likeness (QED) is 0.436. The number of hydrogen-bond donors (Lipinski definition) is 1. The van der Waals surface area contributed by atoms with E-state index in [9.17, 15) is 18.0 Å². The number of anilines is 1. The number of alkyl halides is 3. The Morgan fingerprint density at radius 1 is 1.05 bits per heavy atom. The Morgan fingerprint density at radius 2 is 1.85 bits per heavy atom. The Hall–Kier alpha value is -2.72. The number of fused-ring (bicyclic) bond motifs is 2. The second-order valence-electron chi connectivity index (χ2n) is 11.2. The summed E-state index contributed by atoms with van der Waals surface area (Å²) in [4.78, 5) is 27.6. The van der Waals surface area contributed by atoms with Crippen LogP contribution in [-0.2, 0) is 12.8 Å². The first-order valence-electron chi connectivity index (χ1n) is 14.0. The Balaban J connectivity index is 0.930. The Morgan fingerprint density at radius 3 is 2.64 bits per heavy atom. The molecule has 10 heteroatoms. The number of benzene rings is 1. The van der Waals surface area contributed by atoms with Gasteiger partial charge in [-0.05, 0) is 69.2 Å². The van der Waals surface area contributed by atoms with Crippen molar-refractivity contribution >= 4 is 33.3 Å². The number of carbonyl (C=O) groups excluding carboxylic acids is 1. The van der Waals surface area contributed by atoms with E-state index in [0.29, 0.717) is 11.5 Å². The summed E-state index contributed by atoms with van der Waals surface area (Å²) in [6.45, 7) is 3.06. The zero-order valence-corrected chi connectivity index (χ0v) is 22.7. The van der Waals surface area contributed by atoms with Gasteiger partial charge >= 0.3 is 6.18 Å². The van der Waals surface area contributed by atoms with Crippen LogP contribution in [0.15, 0.2) is 36.5 Å². The summed E-state index contributed by atoms with van der Waals surface area (Å²) in [5.41, 5.74) is 2.60. The Labute approximate surface area is 230 Å². The predicted octanol–water partition coefficient (Wildman–Crippen LogP) is 5.47. The lowest BCUT2D eigenvalue weighted by Gasteiger charge is -2.39. The van der Waals surface area contributed by atoms with Gasteiger partial charge in [0.25, 0.3) is 5.91 Å². The van der Waals surface area contributed by atoms with Gasteiger partial charge in [0.1, 0.15) is 0 Å². The van der Waals surface area contributed by atoms with Crippen LogP contribution in [0.5, 0.6) is 0 Å². The van der Waals surface area contributed by atoms with Gasteiger partial charge in [0, 0.05) is 60.7 Å². The molecular weight excluding hydrogens is 523 g/mol. The van der Waals surface area contributed by atoms with E-state index in [1.807, 2.05) is 30.3 Å². The number of aromatic nitrogens is 2. The van der Waals surface area contributed by atoms with Crippen LogP contribution in [0, 0.1) is 11.8 Å². The molecule has 39 heavy (non-hydrogen) atoms. The molecule has 0 atom stereocenters. The maximum Gasteiger partial charge on any atom is 0.395 e. The highest BCUT2D eigenvalue weighted by atomic mass is 32.1. The molecule has 6 nitrogen and oxygen atoms in total. The fraction of sp³-hybridized carbons (Fsp3) is 0.552. The van der Waals surface area contributed by atoms with Crippen molar-refractivity contribution in [3.05, 3.63) is 52.7 Å². The molecule has 208 valence electrons. The summed E-state index contributed by atoms with van der Waals surface area (Å²) in [6, 6.07) is 9.72. The highest BCUT2D eigenvalue weighted by Gasteiger charge is 2.48. The first-order chi connectivity index (χ1) is 18.8. The van der Waals surface area contributed by atoms with E-state index in [4.69, 9.17) is 4.98 Å². The number of thiazole rings is 1. The van der Waals surface area contributed by atoms with Gasteiger partial charge in [-0.1, -0.05) is 12.1 Å². The molecule has 0 unspecified atom stereocenters. The van der Waals surface area contributed by atoms with Gasteiger partial charge < -0.3 is 15.1 Å². The van der Waals surface area contributed by atoms with Crippen LogP contribution in [0.4, 0.5) is 18.3 Å². The number of amides is 1. The summed E-state index contributed by atoms with van der Waals surface area (Å²) in [6.07, 6.45) is 4.87. The first-order valence-corrected chi connectivity index (χ1v) is 14.8. The van der Waals surface area contributed by atoms with Crippen molar-refractivity contribution < 1.29 is 18.0 Å². The first kappa shape index (κ1) is 26.5. The van der Waals surface area contributed by atoms with Gasteiger partial charge in [0.2, 0.25) is 0 Å². The number of carbonyl (C=O) groups is 1. The third kappa shape index (κ3) is 5.91. The minimum absolute atomic E-state index is 0.0138. The van der Waals surface area contributed by atoms with Crippen LogP contribution in [-0.4, -0.2) is 65.7 Å². The van der Waals surface area contributed by atoms with Crippen molar-refractivity contribution in [2.24, 2.45) is 11.8 Å². The van der Waals surface area contributed by atoms with Gasteiger partial charge in [-0.15, -0.1) is 11.3 Å². The molecule has 1 aromatic carbocycles. The van der Waals surface area contributed by atoms with Gasteiger partial charge in [0.05, 0.1) is 17.1 Å². The molecule has 0 spiro atoms. The second kappa shape index (κ2) is 11.0. The number of nitrogens with zero attached hydrogens (tertiary/aromatic N) is 4. The normalized spacial score (nSPS) is 22.8.